The third-order valence-corrected chi connectivity index (χ3v) is 2.69. The fraction of sp³-hybridized carbons (Fsp3) is 0. The van der Waals surface area contributed by atoms with E-state index in [0.29, 0.717) is 16.8 Å². The van der Waals surface area contributed by atoms with Crippen LogP contribution in [0.5, 0.6) is 0 Å². The molecule has 0 saturated carbocycles. The number of aromatic amines is 1. The topological polar surface area (TPSA) is 88.0 Å². The van der Waals surface area contributed by atoms with Gasteiger partial charge in [0.2, 0.25) is 0 Å². The number of hydrogen-bond acceptors (Lipinski definition) is 4. The van der Waals surface area contributed by atoms with E-state index in [2.05, 4.69) is 15.3 Å². The second kappa shape index (κ2) is 4.61. The Morgan fingerprint density at radius 1 is 1.35 bits per heavy atom. The van der Waals surface area contributed by atoms with Gasteiger partial charge < -0.3 is 9.73 Å². The Morgan fingerprint density at radius 3 is 3.00 bits per heavy atom. The average Bonchev–Trinajstić information content (AvgIpc) is 2.78. The van der Waals surface area contributed by atoms with E-state index < -0.39 is 17.5 Å². The van der Waals surface area contributed by atoms with Crippen molar-refractivity contribution in [1.29, 1.82) is 0 Å². The van der Waals surface area contributed by atoms with Gasteiger partial charge >= 0.3 is 5.76 Å². The van der Waals surface area contributed by atoms with Crippen LogP contribution in [0.2, 0.25) is 0 Å². The first-order valence-corrected chi connectivity index (χ1v) is 5.67. The highest BCUT2D eigenvalue weighted by Crippen LogP contribution is 2.17. The molecule has 0 aliphatic rings. The molecule has 0 atom stereocenters. The molecular weight excluding hydrogens is 265 g/mol. The lowest BCUT2D eigenvalue weighted by molar-refractivity contribution is 0.102. The Hall–Kier alpha value is -2.96. The van der Waals surface area contributed by atoms with Crippen molar-refractivity contribution in [3.63, 3.8) is 0 Å². The molecule has 0 aliphatic heterocycles. The molecule has 3 aromatic rings. The van der Waals surface area contributed by atoms with Crippen LogP contribution >= 0.6 is 0 Å². The predicted octanol–water partition coefficient (Wildman–Crippen LogP) is 1.91. The number of rotatable bonds is 2. The van der Waals surface area contributed by atoms with Crippen molar-refractivity contribution in [2.75, 3.05) is 5.32 Å². The number of H-pyrrole nitrogens is 1. The maximum Gasteiger partial charge on any atom is 0.417 e. The summed E-state index contributed by atoms with van der Waals surface area (Å²) in [6.07, 6.45) is 2.29. The molecule has 1 amide bonds. The lowest BCUT2D eigenvalue weighted by atomic mass is 10.2. The molecule has 0 saturated heterocycles. The number of nitrogens with zero attached hydrogens (tertiary/aromatic N) is 1. The number of amides is 1. The SMILES string of the molecule is O=C(Nc1ccc2oc(=O)[nH]c2c1)c1ccncc1F. The second-order valence-electron chi connectivity index (χ2n) is 4.04. The first-order chi connectivity index (χ1) is 9.63. The van der Waals surface area contributed by atoms with Gasteiger partial charge in [0.05, 0.1) is 17.3 Å². The highest BCUT2D eigenvalue weighted by atomic mass is 19.1. The van der Waals surface area contributed by atoms with E-state index in [-0.39, 0.29) is 5.56 Å². The molecule has 0 unspecified atom stereocenters. The Labute approximate surface area is 111 Å². The number of hydrogen-bond donors (Lipinski definition) is 2. The van der Waals surface area contributed by atoms with Gasteiger partial charge in [0.15, 0.2) is 11.4 Å². The van der Waals surface area contributed by atoms with Crippen LogP contribution in [0.3, 0.4) is 0 Å². The normalized spacial score (nSPS) is 10.7. The molecular formula is C13H8FN3O3. The summed E-state index contributed by atoms with van der Waals surface area (Å²) in [6.45, 7) is 0. The van der Waals surface area contributed by atoms with Crippen LogP contribution in [0.15, 0.2) is 45.9 Å². The van der Waals surface area contributed by atoms with Gasteiger partial charge in [0, 0.05) is 11.9 Å². The lowest BCUT2D eigenvalue weighted by Crippen LogP contribution is -2.13. The molecule has 2 aromatic heterocycles. The summed E-state index contributed by atoms with van der Waals surface area (Å²) in [5.41, 5.74) is 1.13. The second-order valence-corrected chi connectivity index (χ2v) is 4.04. The minimum atomic E-state index is -0.706. The molecule has 100 valence electrons. The molecule has 0 bridgehead atoms. The van der Waals surface area contributed by atoms with E-state index in [4.69, 9.17) is 4.42 Å². The number of carbonyl (C=O) groups excluding carboxylic acids is 1. The van der Waals surface area contributed by atoms with Gasteiger partial charge in [0.25, 0.3) is 5.91 Å². The molecule has 3 rings (SSSR count). The van der Waals surface area contributed by atoms with Crippen molar-refractivity contribution >= 4 is 22.7 Å². The van der Waals surface area contributed by atoms with Gasteiger partial charge in [-0.25, -0.2) is 9.18 Å². The maximum atomic E-state index is 13.4. The van der Waals surface area contributed by atoms with Gasteiger partial charge in [-0.3, -0.25) is 14.8 Å². The van der Waals surface area contributed by atoms with Crippen molar-refractivity contribution in [2.45, 2.75) is 0 Å². The number of oxazole rings is 1. The first-order valence-electron chi connectivity index (χ1n) is 5.67. The van der Waals surface area contributed by atoms with Crippen molar-refractivity contribution < 1.29 is 13.6 Å². The van der Waals surface area contributed by atoms with E-state index in [1.54, 1.807) is 6.07 Å². The summed E-state index contributed by atoms with van der Waals surface area (Å²) in [7, 11) is 0. The highest BCUT2D eigenvalue weighted by molar-refractivity contribution is 6.04. The molecule has 2 N–H and O–H groups in total. The summed E-state index contributed by atoms with van der Waals surface area (Å²) >= 11 is 0. The largest absolute Gasteiger partial charge is 0.417 e. The number of benzene rings is 1. The maximum absolute atomic E-state index is 13.4. The van der Waals surface area contributed by atoms with Gasteiger partial charge in [-0.2, -0.15) is 0 Å². The van der Waals surface area contributed by atoms with Gasteiger partial charge in [0.1, 0.15) is 0 Å². The van der Waals surface area contributed by atoms with Crippen molar-refractivity contribution in [2.24, 2.45) is 0 Å². The fourth-order valence-electron chi connectivity index (χ4n) is 1.79. The molecule has 7 heteroatoms. The molecule has 0 radical (unpaired) electrons. The van der Waals surface area contributed by atoms with E-state index in [0.717, 1.165) is 6.20 Å². The van der Waals surface area contributed by atoms with Gasteiger partial charge in [-0.15, -0.1) is 0 Å². The molecule has 0 aliphatic carbocycles. The Balaban J connectivity index is 1.91. The third kappa shape index (κ3) is 2.16. The monoisotopic (exact) mass is 273 g/mol. The number of fused-ring (bicyclic) bond motifs is 1. The summed E-state index contributed by atoms with van der Waals surface area (Å²) in [4.78, 5) is 29.0. The lowest BCUT2D eigenvalue weighted by Gasteiger charge is -2.05. The van der Waals surface area contributed by atoms with E-state index in [9.17, 15) is 14.0 Å². The summed E-state index contributed by atoms with van der Waals surface area (Å²) in [6, 6.07) is 5.89. The van der Waals surface area contributed by atoms with Crippen LogP contribution in [0.25, 0.3) is 11.1 Å². The summed E-state index contributed by atoms with van der Waals surface area (Å²) < 4.78 is 18.3. The minimum absolute atomic E-state index is 0.110. The molecule has 6 nitrogen and oxygen atoms in total. The number of aromatic nitrogens is 2. The zero-order valence-electron chi connectivity index (χ0n) is 10.0. The molecule has 0 fully saturated rings. The quantitative estimate of drug-likeness (QED) is 0.746. The van der Waals surface area contributed by atoms with Crippen molar-refractivity contribution in [3.8, 4) is 0 Å². The van der Waals surface area contributed by atoms with Crippen LogP contribution in [0, 0.1) is 5.82 Å². The highest BCUT2D eigenvalue weighted by Gasteiger charge is 2.12. The smallest absolute Gasteiger partial charge is 0.408 e. The first kappa shape index (κ1) is 12.1. The van der Waals surface area contributed by atoms with Crippen LogP contribution in [0.1, 0.15) is 10.4 Å². The molecule has 1 aromatic carbocycles. The summed E-state index contributed by atoms with van der Waals surface area (Å²) in [5, 5.41) is 2.53. The minimum Gasteiger partial charge on any atom is -0.408 e. The number of carbonyl (C=O) groups is 1. The number of anilines is 1. The van der Waals surface area contributed by atoms with Gasteiger partial charge in [-0.1, -0.05) is 0 Å². The standard InChI is InChI=1S/C13H8FN3O3/c14-9-6-15-4-3-8(9)12(18)16-7-1-2-11-10(5-7)17-13(19)20-11/h1-6H,(H,16,18)(H,17,19). The predicted molar refractivity (Wildman–Crippen MR) is 69.0 cm³/mol. The number of pyridine rings is 1. The Bertz CT molecular complexity index is 853. The molecule has 20 heavy (non-hydrogen) atoms. The third-order valence-electron chi connectivity index (χ3n) is 2.69. The number of halogens is 1. The summed E-state index contributed by atoms with van der Waals surface area (Å²) in [5.74, 6) is -1.89. The van der Waals surface area contributed by atoms with Crippen LogP contribution in [-0.2, 0) is 0 Å². The van der Waals surface area contributed by atoms with Gasteiger partial charge in [-0.05, 0) is 24.3 Å². The zero-order valence-corrected chi connectivity index (χ0v) is 10.0. The van der Waals surface area contributed by atoms with Crippen LogP contribution < -0.4 is 11.1 Å². The average molecular weight is 273 g/mol. The van der Waals surface area contributed by atoms with Crippen LogP contribution in [0.4, 0.5) is 10.1 Å². The Kier molecular flexibility index (Phi) is 2.79. The Morgan fingerprint density at radius 2 is 2.20 bits per heavy atom. The van der Waals surface area contributed by atoms with Crippen molar-refractivity contribution in [1.82, 2.24) is 9.97 Å². The molecule has 0 spiro atoms. The van der Waals surface area contributed by atoms with E-state index >= 15 is 0 Å². The zero-order chi connectivity index (χ0) is 14.1. The number of nitrogens with one attached hydrogen (secondary N) is 2. The van der Waals surface area contributed by atoms with E-state index in [1.807, 2.05) is 0 Å². The van der Waals surface area contributed by atoms with Crippen molar-refractivity contribution in [3.05, 3.63) is 58.6 Å². The molecule has 2 heterocycles. The van der Waals surface area contributed by atoms with Crippen LogP contribution in [-0.4, -0.2) is 15.9 Å². The fourth-order valence-corrected chi connectivity index (χ4v) is 1.79. The van der Waals surface area contributed by atoms with E-state index in [1.165, 1.54) is 24.4 Å².